The van der Waals surface area contributed by atoms with E-state index in [1.54, 1.807) is 11.3 Å². The van der Waals surface area contributed by atoms with E-state index in [0.29, 0.717) is 5.88 Å². The summed E-state index contributed by atoms with van der Waals surface area (Å²) in [6.07, 6.45) is 3.46. The molecule has 0 aliphatic rings. The van der Waals surface area contributed by atoms with Crippen molar-refractivity contribution < 1.29 is 9.53 Å². The number of hydrogen-bond acceptors (Lipinski definition) is 5. The van der Waals surface area contributed by atoms with Crippen LogP contribution < -0.4 is 10.1 Å². The van der Waals surface area contributed by atoms with Gasteiger partial charge in [-0.15, -0.1) is 11.3 Å². The molecule has 0 aliphatic heterocycles. The molecule has 0 aliphatic carbocycles. The van der Waals surface area contributed by atoms with E-state index in [9.17, 15) is 4.79 Å². The topological polar surface area (TPSA) is 64.1 Å². The van der Waals surface area contributed by atoms with Gasteiger partial charge in [0.15, 0.2) is 6.61 Å². The minimum absolute atomic E-state index is 0.0522. The van der Waals surface area contributed by atoms with Crippen molar-refractivity contribution >= 4 is 27.5 Å². The Bertz CT molecular complexity index is 890. The third-order valence-corrected chi connectivity index (χ3v) is 5.05. The molecule has 136 valence electrons. The molecule has 0 saturated carbocycles. The molecule has 1 aromatic carbocycles. The Hall–Kier alpha value is -2.47. The molecule has 0 unspecified atom stereocenters. The monoisotopic (exact) mass is 369 g/mol. The van der Waals surface area contributed by atoms with Crippen molar-refractivity contribution in [2.45, 2.75) is 39.7 Å². The van der Waals surface area contributed by atoms with E-state index in [2.05, 4.69) is 58.8 Å². The van der Waals surface area contributed by atoms with Gasteiger partial charge in [0.05, 0.1) is 5.39 Å². The van der Waals surface area contributed by atoms with E-state index in [1.807, 2.05) is 6.92 Å². The van der Waals surface area contributed by atoms with Crippen LogP contribution in [0.2, 0.25) is 0 Å². The Morgan fingerprint density at radius 2 is 2.04 bits per heavy atom. The Labute approximate surface area is 157 Å². The van der Waals surface area contributed by atoms with Crippen molar-refractivity contribution in [1.82, 2.24) is 15.3 Å². The van der Waals surface area contributed by atoms with Crippen LogP contribution in [0.3, 0.4) is 0 Å². The highest BCUT2D eigenvalue weighted by atomic mass is 32.1. The van der Waals surface area contributed by atoms with E-state index < -0.39 is 0 Å². The van der Waals surface area contributed by atoms with Gasteiger partial charge in [0.2, 0.25) is 5.88 Å². The first kappa shape index (κ1) is 18.3. The first-order chi connectivity index (χ1) is 12.6. The quantitative estimate of drug-likeness (QED) is 0.672. The van der Waals surface area contributed by atoms with Crippen molar-refractivity contribution in [3.63, 3.8) is 0 Å². The summed E-state index contributed by atoms with van der Waals surface area (Å²) in [5.74, 6) is 0.315. The van der Waals surface area contributed by atoms with E-state index in [4.69, 9.17) is 4.74 Å². The summed E-state index contributed by atoms with van der Waals surface area (Å²) in [4.78, 5) is 21.5. The number of aryl methyl sites for hydroxylation is 1. The predicted octanol–water partition coefficient (Wildman–Crippen LogP) is 4.35. The van der Waals surface area contributed by atoms with Crippen LogP contribution in [-0.2, 0) is 4.79 Å². The van der Waals surface area contributed by atoms with Crippen LogP contribution in [0.5, 0.6) is 5.88 Å². The van der Waals surface area contributed by atoms with Crippen molar-refractivity contribution in [3.05, 3.63) is 41.5 Å². The fraction of sp³-hybridized carbons (Fsp3) is 0.350. The average Bonchev–Trinajstić information content (AvgIpc) is 3.05. The molecule has 26 heavy (non-hydrogen) atoms. The zero-order valence-electron chi connectivity index (χ0n) is 15.3. The highest BCUT2D eigenvalue weighted by Crippen LogP contribution is 2.37. The summed E-state index contributed by atoms with van der Waals surface area (Å²) in [5.41, 5.74) is 3.32. The lowest BCUT2D eigenvalue weighted by Crippen LogP contribution is -2.36. The molecule has 0 saturated heterocycles. The fourth-order valence-electron chi connectivity index (χ4n) is 2.86. The van der Waals surface area contributed by atoms with Crippen molar-refractivity contribution in [2.75, 3.05) is 6.61 Å². The lowest BCUT2D eigenvalue weighted by Gasteiger charge is -2.13. The van der Waals surface area contributed by atoms with Gasteiger partial charge in [-0.25, -0.2) is 9.97 Å². The maximum Gasteiger partial charge on any atom is 0.258 e. The average molecular weight is 369 g/mol. The lowest BCUT2D eigenvalue weighted by molar-refractivity contribution is -0.123. The second-order valence-electron chi connectivity index (χ2n) is 6.42. The van der Waals surface area contributed by atoms with Crippen LogP contribution in [0, 0.1) is 6.92 Å². The third kappa shape index (κ3) is 4.19. The molecule has 5 nitrogen and oxygen atoms in total. The zero-order chi connectivity index (χ0) is 18.5. The number of nitrogens with one attached hydrogen (secondary N) is 1. The van der Waals surface area contributed by atoms with Gasteiger partial charge >= 0.3 is 0 Å². The zero-order valence-corrected chi connectivity index (χ0v) is 16.1. The van der Waals surface area contributed by atoms with Crippen molar-refractivity contribution in [3.8, 4) is 17.0 Å². The molecule has 2 aromatic heterocycles. The number of benzene rings is 1. The number of ether oxygens (including phenoxy) is 1. The number of rotatable bonds is 7. The lowest BCUT2D eigenvalue weighted by atomic mass is 10.0. The Morgan fingerprint density at radius 1 is 1.27 bits per heavy atom. The fourth-order valence-corrected chi connectivity index (χ4v) is 3.76. The van der Waals surface area contributed by atoms with Gasteiger partial charge in [0.25, 0.3) is 5.91 Å². The number of thiophene rings is 1. The number of nitrogens with zero attached hydrogens (tertiary/aromatic N) is 2. The Kier molecular flexibility index (Phi) is 5.83. The highest BCUT2D eigenvalue weighted by Gasteiger charge is 2.15. The van der Waals surface area contributed by atoms with E-state index in [1.165, 1.54) is 11.9 Å². The van der Waals surface area contributed by atoms with Crippen LogP contribution >= 0.6 is 11.3 Å². The SMILES string of the molecule is CCC[C@H](C)NC(=O)COc1ncnc2scc(-c3ccc(C)cc3)c12. The van der Waals surface area contributed by atoms with Crippen LogP contribution in [0.15, 0.2) is 36.0 Å². The summed E-state index contributed by atoms with van der Waals surface area (Å²) < 4.78 is 5.75. The van der Waals surface area contributed by atoms with Crippen LogP contribution in [0.4, 0.5) is 0 Å². The summed E-state index contributed by atoms with van der Waals surface area (Å²) in [6.45, 7) is 6.10. The summed E-state index contributed by atoms with van der Waals surface area (Å²) >= 11 is 1.55. The standard InChI is InChI=1S/C20H23N3O2S/c1-4-5-14(3)23-17(24)10-25-19-18-16(11-26-20(18)22-12-21-19)15-8-6-13(2)7-9-15/h6-9,11-12,14H,4-5,10H2,1-3H3,(H,23,24)/t14-/m0/s1. The first-order valence-corrected chi connectivity index (χ1v) is 9.67. The van der Waals surface area contributed by atoms with Gasteiger partial charge in [-0.05, 0) is 25.8 Å². The Balaban J connectivity index is 1.81. The minimum Gasteiger partial charge on any atom is -0.467 e. The molecule has 0 fully saturated rings. The molecule has 1 amide bonds. The van der Waals surface area contributed by atoms with Gasteiger partial charge < -0.3 is 10.1 Å². The van der Waals surface area contributed by atoms with Gasteiger partial charge in [0, 0.05) is 17.0 Å². The molecule has 0 spiro atoms. The number of carbonyl (C=O) groups is 1. The second kappa shape index (κ2) is 8.27. The summed E-state index contributed by atoms with van der Waals surface area (Å²) in [5, 5.41) is 5.85. The van der Waals surface area contributed by atoms with Gasteiger partial charge in [-0.3, -0.25) is 4.79 Å². The molecule has 2 heterocycles. The maximum atomic E-state index is 12.1. The number of hydrogen-bond donors (Lipinski definition) is 1. The van der Waals surface area contributed by atoms with Crippen LogP contribution in [0.25, 0.3) is 21.3 Å². The molecule has 1 N–H and O–H groups in total. The number of fused-ring (bicyclic) bond motifs is 1. The largest absolute Gasteiger partial charge is 0.467 e. The molecule has 3 aromatic rings. The summed E-state index contributed by atoms with van der Waals surface area (Å²) in [7, 11) is 0. The smallest absolute Gasteiger partial charge is 0.258 e. The van der Waals surface area contributed by atoms with Crippen molar-refractivity contribution in [2.24, 2.45) is 0 Å². The van der Waals surface area contributed by atoms with Crippen LogP contribution in [0.1, 0.15) is 32.3 Å². The molecule has 3 rings (SSSR count). The number of aromatic nitrogens is 2. The highest BCUT2D eigenvalue weighted by molar-refractivity contribution is 7.17. The van der Waals surface area contributed by atoms with Gasteiger partial charge in [0.1, 0.15) is 11.2 Å². The van der Waals surface area contributed by atoms with E-state index in [0.717, 1.165) is 34.2 Å². The van der Waals surface area contributed by atoms with Gasteiger partial charge in [-0.1, -0.05) is 43.2 Å². The summed E-state index contributed by atoms with van der Waals surface area (Å²) in [6, 6.07) is 8.45. The first-order valence-electron chi connectivity index (χ1n) is 8.80. The van der Waals surface area contributed by atoms with E-state index in [-0.39, 0.29) is 18.6 Å². The molecular formula is C20H23N3O2S. The molecule has 0 radical (unpaired) electrons. The third-order valence-electron chi connectivity index (χ3n) is 4.17. The maximum absolute atomic E-state index is 12.1. The normalized spacial score (nSPS) is 12.1. The van der Waals surface area contributed by atoms with Gasteiger partial charge in [-0.2, -0.15) is 0 Å². The molecular weight excluding hydrogens is 346 g/mol. The predicted molar refractivity (Wildman–Crippen MR) is 106 cm³/mol. The number of carbonyl (C=O) groups excluding carboxylic acids is 1. The van der Waals surface area contributed by atoms with Crippen molar-refractivity contribution in [1.29, 1.82) is 0 Å². The molecule has 0 bridgehead atoms. The molecule has 1 atom stereocenters. The molecule has 6 heteroatoms. The van der Waals surface area contributed by atoms with Crippen LogP contribution in [-0.4, -0.2) is 28.5 Å². The second-order valence-corrected chi connectivity index (χ2v) is 7.28. The number of amides is 1. The Morgan fingerprint density at radius 3 is 2.77 bits per heavy atom. The van der Waals surface area contributed by atoms with E-state index >= 15 is 0 Å². The minimum atomic E-state index is -0.134.